The minimum Gasteiger partial charge on any atom is -0.289 e. The van der Waals surface area contributed by atoms with E-state index >= 15 is 0 Å². The van der Waals surface area contributed by atoms with E-state index in [1.807, 2.05) is 0 Å². The van der Waals surface area contributed by atoms with E-state index < -0.39 is 0 Å². The third-order valence-electron chi connectivity index (χ3n) is 1.01. The van der Waals surface area contributed by atoms with Gasteiger partial charge in [0, 0.05) is 0 Å². The van der Waals surface area contributed by atoms with Gasteiger partial charge in [-0.1, -0.05) is 11.6 Å². The molecule has 0 aliphatic heterocycles. The van der Waals surface area contributed by atoms with Crippen molar-refractivity contribution >= 4 is 39.1 Å². The highest BCUT2D eigenvalue weighted by Gasteiger charge is 2.17. The topological polar surface area (TPSA) is 34.1 Å². The zero-order chi connectivity index (χ0) is 7.72. The summed E-state index contributed by atoms with van der Waals surface area (Å²) in [5, 5.41) is -0.0486. The van der Waals surface area contributed by atoms with Gasteiger partial charge in [0.2, 0.25) is 0 Å². The van der Waals surface area contributed by atoms with Gasteiger partial charge >= 0.3 is 0 Å². The summed E-state index contributed by atoms with van der Waals surface area (Å²) in [5.41, 5.74) is 0. The standard InChI is InChI=1S/C6H2BrClO2/c7-5-3(9)1-2-4(10)6(5)8/h1-2H. The molecule has 4 heteroatoms. The number of hydrogen-bond acceptors (Lipinski definition) is 2. The fraction of sp³-hybridized carbons (Fsp3) is 0. The second-order valence-corrected chi connectivity index (χ2v) is 2.86. The Morgan fingerprint density at radius 3 is 2.20 bits per heavy atom. The molecule has 0 aromatic heterocycles. The molecule has 0 radical (unpaired) electrons. The number of rotatable bonds is 0. The minimum absolute atomic E-state index is 0.0486. The second-order valence-electron chi connectivity index (χ2n) is 1.69. The van der Waals surface area contributed by atoms with Crippen LogP contribution in [0, 0.1) is 0 Å². The number of ketones is 2. The molecule has 0 aromatic carbocycles. The fourth-order valence-corrected chi connectivity index (χ4v) is 0.998. The second kappa shape index (κ2) is 2.68. The molecule has 1 aliphatic rings. The summed E-state index contributed by atoms with van der Waals surface area (Å²) in [6, 6.07) is 0. The summed E-state index contributed by atoms with van der Waals surface area (Å²) in [6.45, 7) is 0. The number of carbonyl (C=O) groups is 2. The Bertz CT molecular complexity index is 239. The fourth-order valence-electron chi connectivity index (χ4n) is 0.514. The number of halogens is 2. The Kier molecular flexibility index (Phi) is 2.06. The molecule has 0 saturated heterocycles. The summed E-state index contributed by atoms with van der Waals surface area (Å²) < 4.78 is 0.140. The van der Waals surface area contributed by atoms with Gasteiger partial charge in [0.25, 0.3) is 0 Å². The van der Waals surface area contributed by atoms with Crippen molar-refractivity contribution in [2.24, 2.45) is 0 Å². The van der Waals surface area contributed by atoms with Crippen molar-refractivity contribution in [3.63, 3.8) is 0 Å². The van der Waals surface area contributed by atoms with Gasteiger partial charge in [-0.15, -0.1) is 0 Å². The van der Waals surface area contributed by atoms with Gasteiger partial charge in [0.15, 0.2) is 11.6 Å². The van der Waals surface area contributed by atoms with Crippen LogP contribution >= 0.6 is 27.5 Å². The van der Waals surface area contributed by atoms with Gasteiger partial charge in [0.1, 0.15) is 5.03 Å². The van der Waals surface area contributed by atoms with E-state index in [2.05, 4.69) is 15.9 Å². The predicted octanol–water partition coefficient (Wildman–Crippen LogP) is 1.54. The van der Waals surface area contributed by atoms with Crippen LogP contribution in [-0.2, 0) is 9.59 Å². The molecular weight excluding hydrogens is 219 g/mol. The Morgan fingerprint density at radius 1 is 1.20 bits per heavy atom. The number of carbonyl (C=O) groups excluding carboxylic acids is 2. The Labute approximate surface area is 70.7 Å². The first-order valence-corrected chi connectivity index (χ1v) is 3.62. The molecule has 0 N–H and O–H groups in total. The molecule has 2 nitrogen and oxygen atoms in total. The third-order valence-corrected chi connectivity index (χ3v) is 2.40. The average molecular weight is 221 g/mol. The molecule has 0 amide bonds. The lowest BCUT2D eigenvalue weighted by Gasteiger charge is -2.00. The molecule has 0 spiro atoms. The summed E-state index contributed by atoms with van der Waals surface area (Å²) in [4.78, 5) is 21.4. The molecule has 0 bridgehead atoms. The molecule has 52 valence electrons. The highest BCUT2D eigenvalue weighted by molar-refractivity contribution is 9.12. The average Bonchev–Trinajstić information content (AvgIpc) is 1.93. The lowest BCUT2D eigenvalue weighted by atomic mass is 10.2. The first-order valence-electron chi connectivity index (χ1n) is 2.45. The maximum Gasteiger partial charge on any atom is 0.198 e. The molecule has 0 saturated carbocycles. The van der Waals surface area contributed by atoms with Crippen molar-refractivity contribution < 1.29 is 9.59 Å². The van der Waals surface area contributed by atoms with Crippen LogP contribution in [0.1, 0.15) is 0 Å². The first-order chi connectivity index (χ1) is 4.63. The molecule has 0 unspecified atom stereocenters. The summed E-state index contributed by atoms with van der Waals surface area (Å²) in [7, 11) is 0. The van der Waals surface area contributed by atoms with Gasteiger partial charge in [-0.25, -0.2) is 0 Å². The van der Waals surface area contributed by atoms with E-state index in [4.69, 9.17) is 11.6 Å². The lowest BCUT2D eigenvalue weighted by molar-refractivity contribution is -0.114. The Balaban J connectivity index is 3.12. The lowest BCUT2D eigenvalue weighted by Crippen LogP contribution is -2.06. The van der Waals surface area contributed by atoms with E-state index in [-0.39, 0.29) is 21.1 Å². The van der Waals surface area contributed by atoms with Gasteiger partial charge < -0.3 is 0 Å². The highest BCUT2D eigenvalue weighted by atomic mass is 79.9. The van der Waals surface area contributed by atoms with Crippen LogP contribution in [0.2, 0.25) is 0 Å². The van der Waals surface area contributed by atoms with Gasteiger partial charge in [-0.2, -0.15) is 0 Å². The molecule has 10 heavy (non-hydrogen) atoms. The summed E-state index contributed by atoms with van der Waals surface area (Å²) in [5.74, 6) is -0.613. The van der Waals surface area contributed by atoms with Gasteiger partial charge in [-0.3, -0.25) is 9.59 Å². The Hall–Kier alpha value is -0.410. The van der Waals surface area contributed by atoms with E-state index in [0.717, 1.165) is 6.08 Å². The predicted molar refractivity (Wildman–Crippen MR) is 41.0 cm³/mol. The quantitative estimate of drug-likeness (QED) is 0.582. The van der Waals surface area contributed by atoms with Gasteiger partial charge in [0.05, 0.1) is 4.48 Å². The monoisotopic (exact) mass is 220 g/mol. The smallest absolute Gasteiger partial charge is 0.198 e. The molecule has 0 atom stereocenters. The zero-order valence-electron chi connectivity index (χ0n) is 4.73. The van der Waals surface area contributed by atoms with E-state index in [1.165, 1.54) is 6.08 Å². The van der Waals surface area contributed by atoms with E-state index in [1.54, 1.807) is 0 Å². The highest BCUT2D eigenvalue weighted by Crippen LogP contribution is 2.22. The first kappa shape index (κ1) is 7.69. The van der Waals surface area contributed by atoms with Crippen LogP contribution < -0.4 is 0 Å². The summed E-state index contributed by atoms with van der Waals surface area (Å²) >= 11 is 8.31. The molecule has 0 fully saturated rings. The molecular formula is C6H2BrClO2. The SMILES string of the molecule is O=C1C=CC(=O)C(Br)=C1Cl. The van der Waals surface area contributed by atoms with Crippen molar-refractivity contribution in [3.05, 3.63) is 21.7 Å². The van der Waals surface area contributed by atoms with Crippen LogP contribution in [0.4, 0.5) is 0 Å². The van der Waals surface area contributed by atoms with Crippen LogP contribution in [0.15, 0.2) is 21.7 Å². The third kappa shape index (κ3) is 1.20. The molecule has 0 heterocycles. The van der Waals surface area contributed by atoms with Crippen molar-refractivity contribution in [1.29, 1.82) is 0 Å². The Morgan fingerprint density at radius 2 is 1.70 bits per heavy atom. The van der Waals surface area contributed by atoms with Crippen molar-refractivity contribution in [2.75, 3.05) is 0 Å². The van der Waals surface area contributed by atoms with Crippen LogP contribution in [0.5, 0.6) is 0 Å². The normalized spacial score (nSPS) is 18.6. The number of hydrogen-bond donors (Lipinski definition) is 0. The minimum atomic E-state index is -0.340. The zero-order valence-corrected chi connectivity index (χ0v) is 7.07. The maximum absolute atomic E-state index is 10.7. The van der Waals surface area contributed by atoms with Crippen LogP contribution in [0.3, 0.4) is 0 Å². The maximum atomic E-state index is 10.7. The van der Waals surface area contributed by atoms with E-state index in [9.17, 15) is 9.59 Å². The summed E-state index contributed by atoms with van der Waals surface area (Å²) in [6.07, 6.45) is 2.33. The molecule has 0 aromatic rings. The molecule has 1 aliphatic carbocycles. The van der Waals surface area contributed by atoms with Crippen LogP contribution in [-0.4, -0.2) is 11.6 Å². The largest absolute Gasteiger partial charge is 0.289 e. The van der Waals surface area contributed by atoms with Crippen molar-refractivity contribution in [1.82, 2.24) is 0 Å². The molecule has 1 rings (SSSR count). The van der Waals surface area contributed by atoms with E-state index in [0.29, 0.717) is 0 Å². The van der Waals surface area contributed by atoms with Crippen molar-refractivity contribution in [3.8, 4) is 0 Å². The number of allylic oxidation sites excluding steroid dienone is 4. The van der Waals surface area contributed by atoms with Crippen LogP contribution in [0.25, 0.3) is 0 Å². The van der Waals surface area contributed by atoms with Crippen molar-refractivity contribution in [2.45, 2.75) is 0 Å². The van der Waals surface area contributed by atoms with Gasteiger partial charge in [-0.05, 0) is 28.1 Å².